The lowest BCUT2D eigenvalue weighted by Crippen LogP contribution is -2.21. The van der Waals surface area contributed by atoms with Gasteiger partial charge in [0.25, 0.3) is 11.6 Å². The molecule has 0 spiro atoms. The van der Waals surface area contributed by atoms with Crippen LogP contribution in [-0.4, -0.2) is 27.6 Å². The van der Waals surface area contributed by atoms with Gasteiger partial charge in [-0.25, -0.2) is 4.79 Å². The van der Waals surface area contributed by atoms with Crippen LogP contribution < -0.4 is 5.01 Å². The summed E-state index contributed by atoms with van der Waals surface area (Å²) in [6.07, 6.45) is 1.48. The number of furan rings is 1. The zero-order valence-corrected chi connectivity index (χ0v) is 18.3. The van der Waals surface area contributed by atoms with Crippen LogP contribution in [0.3, 0.4) is 0 Å². The second-order valence-electron chi connectivity index (χ2n) is 6.95. The molecule has 0 saturated carbocycles. The molecule has 0 bridgehead atoms. The first-order valence-corrected chi connectivity index (χ1v) is 10.1. The highest BCUT2D eigenvalue weighted by atomic mass is 35.5. The Kier molecular flexibility index (Phi) is 5.75. The van der Waals surface area contributed by atoms with Crippen molar-refractivity contribution < 1.29 is 24.0 Å². The predicted octanol–water partition coefficient (Wildman–Crippen LogP) is 5.67. The number of aromatic carboxylic acids is 1. The van der Waals surface area contributed by atoms with E-state index in [4.69, 9.17) is 27.6 Å². The molecule has 1 N–H and O–H groups in total. The van der Waals surface area contributed by atoms with Crippen LogP contribution >= 0.6 is 23.2 Å². The van der Waals surface area contributed by atoms with Crippen LogP contribution in [0.15, 0.2) is 63.6 Å². The molecule has 2 aromatic carbocycles. The predicted molar refractivity (Wildman–Crippen MR) is 123 cm³/mol. The summed E-state index contributed by atoms with van der Waals surface area (Å²) in [6, 6.07) is 11.3. The molecule has 1 amide bonds. The number of carboxylic acid groups (broad SMARTS) is 1. The first-order valence-electron chi connectivity index (χ1n) is 9.34. The van der Waals surface area contributed by atoms with Gasteiger partial charge in [0, 0.05) is 17.7 Å². The molecule has 1 aliphatic heterocycles. The summed E-state index contributed by atoms with van der Waals surface area (Å²) in [4.78, 5) is 34.8. The lowest BCUT2D eigenvalue weighted by atomic mass is 10.1. The summed E-state index contributed by atoms with van der Waals surface area (Å²) >= 11 is 12.1. The average Bonchev–Trinajstić information content (AvgIpc) is 3.34. The summed E-state index contributed by atoms with van der Waals surface area (Å²) in [5.41, 5.74) is 0.900. The van der Waals surface area contributed by atoms with Crippen molar-refractivity contribution in [2.75, 3.05) is 5.01 Å². The molecular formula is C22H13Cl2N3O6. The Balaban J connectivity index is 1.65. The summed E-state index contributed by atoms with van der Waals surface area (Å²) in [6.45, 7) is 1.62. The number of amides is 1. The molecule has 0 aliphatic carbocycles. The Morgan fingerprint density at radius 1 is 1.15 bits per heavy atom. The number of carboxylic acids is 1. The Morgan fingerprint density at radius 2 is 1.88 bits per heavy atom. The second-order valence-corrected chi connectivity index (χ2v) is 7.77. The maximum Gasteiger partial charge on any atom is 0.337 e. The quantitative estimate of drug-likeness (QED) is 0.282. The van der Waals surface area contributed by atoms with Crippen LogP contribution in [0.5, 0.6) is 0 Å². The van der Waals surface area contributed by atoms with Gasteiger partial charge in [0.15, 0.2) is 0 Å². The van der Waals surface area contributed by atoms with E-state index in [1.54, 1.807) is 19.1 Å². The molecule has 0 unspecified atom stereocenters. The molecular weight excluding hydrogens is 473 g/mol. The molecule has 1 aliphatic rings. The van der Waals surface area contributed by atoms with Gasteiger partial charge in [-0.2, -0.15) is 10.1 Å². The highest BCUT2D eigenvalue weighted by Gasteiger charge is 2.30. The van der Waals surface area contributed by atoms with E-state index in [-0.39, 0.29) is 38.3 Å². The standard InChI is InChI=1S/C22H13Cl2N3O6/c1-11-15(21(28)26(25-11)12-2-5-19(24)17(8-12)22(29)30)10-14-4-7-20(33-14)16-9-13(27(31)32)3-6-18(16)23/h2-10H,1H3,(H,29,30)/b15-10-. The van der Waals surface area contributed by atoms with Crippen LogP contribution in [0.2, 0.25) is 10.0 Å². The number of hydrogen-bond donors (Lipinski definition) is 1. The van der Waals surface area contributed by atoms with Gasteiger partial charge < -0.3 is 9.52 Å². The molecule has 0 saturated heterocycles. The van der Waals surface area contributed by atoms with E-state index < -0.39 is 16.8 Å². The Morgan fingerprint density at radius 3 is 2.58 bits per heavy atom. The normalized spacial score (nSPS) is 14.6. The number of benzene rings is 2. The Labute approximate surface area is 196 Å². The molecule has 4 rings (SSSR count). The van der Waals surface area contributed by atoms with Crippen molar-refractivity contribution in [3.8, 4) is 11.3 Å². The maximum atomic E-state index is 13.0. The second kappa shape index (κ2) is 8.53. The molecule has 11 heteroatoms. The number of hydrazone groups is 1. The molecule has 0 radical (unpaired) electrons. The zero-order chi connectivity index (χ0) is 23.9. The van der Waals surface area contributed by atoms with Crippen molar-refractivity contribution in [3.63, 3.8) is 0 Å². The van der Waals surface area contributed by atoms with Crippen LogP contribution in [0.4, 0.5) is 11.4 Å². The lowest BCUT2D eigenvalue weighted by Gasteiger charge is -2.12. The van der Waals surface area contributed by atoms with E-state index in [0.29, 0.717) is 17.0 Å². The summed E-state index contributed by atoms with van der Waals surface area (Å²) < 4.78 is 5.75. The van der Waals surface area contributed by atoms with Gasteiger partial charge >= 0.3 is 5.97 Å². The number of halogens is 2. The van der Waals surface area contributed by atoms with E-state index in [2.05, 4.69) is 5.10 Å². The van der Waals surface area contributed by atoms with E-state index in [9.17, 15) is 24.8 Å². The molecule has 2 heterocycles. The summed E-state index contributed by atoms with van der Waals surface area (Å²) in [5, 5.41) is 25.9. The number of nitro benzene ring substituents is 1. The van der Waals surface area contributed by atoms with Crippen LogP contribution in [-0.2, 0) is 4.79 Å². The zero-order valence-electron chi connectivity index (χ0n) is 16.8. The third-order valence-electron chi connectivity index (χ3n) is 4.83. The van der Waals surface area contributed by atoms with Gasteiger partial charge in [0.2, 0.25) is 0 Å². The third-order valence-corrected chi connectivity index (χ3v) is 5.49. The van der Waals surface area contributed by atoms with E-state index in [1.165, 1.54) is 42.5 Å². The van der Waals surface area contributed by atoms with Crippen LogP contribution in [0.25, 0.3) is 17.4 Å². The fourth-order valence-electron chi connectivity index (χ4n) is 3.20. The smallest absolute Gasteiger partial charge is 0.337 e. The van der Waals surface area contributed by atoms with Gasteiger partial charge in [-0.15, -0.1) is 0 Å². The monoisotopic (exact) mass is 485 g/mol. The molecule has 1 aromatic heterocycles. The van der Waals surface area contributed by atoms with E-state index >= 15 is 0 Å². The van der Waals surface area contributed by atoms with Crippen molar-refractivity contribution in [1.29, 1.82) is 0 Å². The van der Waals surface area contributed by atoms with E-state index in [0.717, 1.165) is 5.01 Å². The number of carbonyl (C=O) groups excluding carboxylic acids is 1. The fourth-order valence-corrected chi connectivity index (χ4v) is 3.61. The number of nitrogens with zero attached hydrogens (tertiary/aromatic N) is 3. The largest absolute Gasteiger partial charge is 0.478 e. The molecule has 9 nitrogen and oxygen atoms in total. The minimum absolute atomic E-state index is 0.0392. The number of non-ortho nitro benzene ring substituents is 1. The molecule has 0 fully saturated rings. The Hall–Kier alpha value is -3.95. The number of hydrogen-bond acceptors (Lipinski definition) is 6. The highest BCUT2D eigenvalue weighted by Crippen LogP contribution is 2.34. The average molecular weight is 486 g/mol. The summed E-state index contributed by atoms with van der Waals surface area (Å²) in [7, 11) is 0. The van der Waals surface area contributed by atoms with Gasteiger partial charge in [-0.1, -0.05) is 23.2 Å². The molecule has 166 valence electrons. The highest BCUT2D eigenvalue weighted by molar-refractivity contribution is 6.34. The van der Waals surface area contributed by atoms with Crippen LogP contribution in [0, 0.1) is 10.1 Å². The third kappa shape index (κ3) is 4.23. The minimum Gasteiger partial charge on any atom is -0.478 e. The van der Waals surface area contributed by atoms with Crippen molar-refractivity contribution in [2.45, 2.75) is 6.92 Å². The van der Waals surface area contributed by atoms with Crippen molar-refractivity contribution in [1.82, 2.24) is 0 Å². The molecule has 33 heavy (non-hydrogen) atoms. The maximum absolute atomic E-state index is 13.0. The Bertz CT molecular complexity index is 1390. The van der Waals surface area contributed by atoms with Gasteiger partial charge in [0.1, 0.15) is 11.5 Å². The fraction of sp³-hybridized carbons (Fsp3) is 0.0455. The van der Waals surface area contributed by atoms with Gasteiger partial charge in [-0.3, -0.25) is 14.9 Å². The van der Waals surface area contributed by atoms with Crippen molar-refractivity contribution >= 4 is 58.2 Å². The number of rotatable bonds is 5. The number of nitro groups is 1. The summed E-state index contributed by atoms with van der Waals surface area (Å²) in [5.74, 6) is -1.13. The van der Waals surface area contributed by atoms with Crippen LogP contribution in [0.1, 0.15) is 23.0 Å². The first kappa shape index (κ1) is 22.3. The molecule has 3 aromatic rings. The van der Waals surface area contributed by atoms with Crippen molar-refractivity contribution in [2.24, 2.45) is 5.10 Å². The number of carbonyl (C=O) groups is 2. The minimum atomic E-state index is -1.23. The lowest BCUT2D eigenvalue weighted by molar-refractivity contribution is -0.384. The molecule has 0 atom stereocenters. The van der Waals surface area contributed by atoms with Gasteiger partial charge in [-0.05, 0) is 49.4 Å². The topological polar surface area (TPSA) is 126 Å². The SMILES string of the molecule is CC1=NN(c2ccc(Cl)c(C(=O)O)c2)C(=O)/C1=C\c1ccc(-c2cc([N+](=O)[O-])ccc2Cl)o1. The van der Waals surface area contributed by atoms with E-state index in [1.807, 2.05) is 0 Å². The first-order chi connectivity index (χ1) is 15.7. The van der Waals surface area contributed by atoms with Gasteiger partial charge in [0.05, 0.1) is 37.5 Å². The number of anilines is 1. The van der Waals surface area contributed by atoms with Crippen molar-refractivity contribution in [3.05, 3.63) is 85.6 Å².